The predicted octanol–water partition coefficient (Wildman–Crippen LogP) is 1.95. The fraction of sp³-hybridized carbons (Fsp3) is 0.929. The molecular weight excluding hydrogens is 226 g/mol. The Morgan fingerprint density at radius 2 is 2.00 bits per heavy atom. The van der Waals surface area contributed by atoms with E-state index >= 15 is 0 Å². The summed E-state index contributed by atoms with van der Waals surface area (Å²) >= 11 is 0. The van der Waals surface area contributed by atoms with Gasteiger partial charge in [0, 0.05) is 19.1 Å². The van der Waals surface area contributed by atoms with Crippen LogP contribution in [0.25, 0.3) is 0 Å². The molecule has 4 nitrogen and oxygen atoms in total. The van der Waals surface area contributed by atoms with Crippen LogP contribution in [0.3, 0.4) is 0 Å². The zero-order valence-corrected chi connectivity index (χ0v) is 11.5. The van der Waals surface area contributed by atoms with Crippen LogP contribution in [0.15, 0.2) is 0 Å². The van der Waals surface area contributed by atoms with E-state index in [1.165, 1.54) is 19.3 Å². The molecule has 0 radical (unpaired) electrons. The number of amides is 2. The number of carbonyl (C=O) groups excluding carboxylic acids is 1. The van der Waals surface area contributed by atoms with Crippen LogP contribution < -0.4 is 11.1 Å². The number of nitrogens with two attached hydrogens (primary N) is 1. The number of hydrogen-bond donors (Lipinski definition) is 2. The summed E-state index contributed by atoms with van der Waals surface area (Å²) in [7, 11) is 0. The standard InChI is InChI=1S/C14H27N3O/c1-11-7-8-17(10-12(11)9-15)14(18)16-13-5-3-2-4-6-13/h11-13H,2-10,15H2,1H3,(H,16,18). The summed E-state index contributed by atoms with van der Waals surface area (Å²) in [5.41, 5.74) is 5.78. The third-order valence-electron chi connectivity index (χ3n) is 4.64. The molecule has 0 aromatic rings. The van der Waals surface area contributed by atoms with Crippen LogP contribution in [0.1, 0.15) is 45.4 Å². The summed E-state index contributed by atoms with van der Waals surface area (Å²) in [6.07, 6.45) is 7.22. The first-order chi connectivity index (χ1) is 8.70. The quantitative estimate of drug-likeness (QED) is 0.790. The van der Waals surface area contributed by atoms with E-state index in [1.807, 2.05) is 4.90 Å². The Morgan fingerprint density at radius 1 is 1.28 bits per heavy atom. The molecule has 1 aliphatic carbocycles. The van der Waals surface area contributed by atoms with Crippen LogP contribution in [0.2, 0.25) is 0 Å². The molecule has 1 saturated heterocycles. The molecule has 2 fully saturated rings. The van der Waals surface area contributed by atoms with Gasteiger partial charge in [0.25, 0.3) is 0 Å². The number of hydrogen-bond acceptors (Lipinski definition) is 2. The van der Waals surface area contributed by atoms with E-state index in [0.29, 0.717) is 24.4 Å². The lowest BCUT2D eigenvalue weighted by Crippen LogP contribution is -2.51. The molecule has 1 saturated carbocycles. The highest BCUT2D eigenvalue weighted by atomic mass is 16.2. The van der Waals surface area contributed by atoms with Crippen molar-refractivity contribution < 1.29 is 4.79 Å². The third kappa shape index (κ3) is 3.37. The molecule has 2 unspecified atom stereocenters. The van der Waals surface area contributed by atoms with E-state index in [4.69, 9.17) is 5.73 Å². The first-order valence-corrected chi connectivity index (χ1v) is 7.46. The van der Waals surface area contributed by atoms with Crippen molar-refractivity contribution in [3.05, 3.63) is 0 Å². The van der Waals surface area contributed by atoms with Crippen molar-refractivity contribution in [2.24, 2.45) is 17.6 Å². The number of piperidine rings is 1. The lowest BCUT2D eigenvalue weighted by molar-refractivity contribution is 0.136. The van der Waals surface area contributed by atoms with Gasteiger partial charge in [-0.2, -0.15) is 0 Å². The summed E-state index contributed by atoms with van der Waals surface area (Å²) in [6.45, 7) is 4.65. The number of urea groups is 1. The molecule has 0 aromatic carbocycles. The molecule has 104 valence electrons. The molecule has 0 spiro atoms. The van der Waals surface area contributed by atoms with Crippen molar-refractivity contribution in [2.45, 2.75) is 51.5 Å². The lowest BCUT2D eigenvalue weighted by Gasteiger charge is -2.37. The molecule has 2 rings (SSSR count). The molecular formula is C14H27N3O. The second kappa shape index (κ2) is 6.41. The third-order valence-corrected chi connectivity index (χ3v) is 4.64. The smallest absolute Gasteiger partial charge is 0.317 e. The van der Waals surface area contributed by atoms with Gasteiger partial charge in [-0.1, -0.05) is 26.2 Å². The highest BCUT2D eigenvalue weighted by Crippen LogP contribution is 2.23. The van der Waals surface area contributed by atoms with Crippen LogP contribution in [0.5, 0.6) is 0 Å². The van der Waals surface area contributed by atoms with Gasteiger partial charge < -0.3 is 16.0 Å². The molecule has 1 aliphatic heterocycles. The Kier molecular flexibility index (Phi) is 4.87. The topological polar surface area (TPSA) is 58.4 Å². The maximum atomic E-state index is 12.2. The summed E-state index contributed by atoms with van der Waals surface area (Å²) in [4.78, 5) is 14.2. The van der Waals surface area contributed by atoms with Crippen LogP contribution in [-0.2, 0) is 0 Å². The Morgan fingerprint density at radius 3 is 2.67 bits per heavy atom. The number of rotatable bonds is 2. The van der Waals surface area contributed by atoms with Gasteiger partial charge in [0.1, 0.15) is 0 Å². The summed E-state index contributed by atoms with van der Waals surface area (Å²) < 4.78 is 0. The van der Waals surface area contributed by atoms with E-state index in [-0.39, 0.29) is 6.03 Å². The first-order valence-electron chi connectivity index (χ1n) is 7.46. The van der Waals surface area contributed by atoms with Crippen LogP contribution >= 0.6 is 0 Å². The predicted molar refractivity (Wildman–Crippen MR) is 73.3 cm³/mol. The van der Waals surface area contributed by atoms with E-state index in [9.17, 15) is 4.79 Å². The molecule has 0 aromatic heterocycles. The minimum atomic E-state index is 0.132. The first kappa shape index (κ1) is 13.7. The second-order valence-electron chi connectivity index (χ2n) is 5.99. The van der Waals surface area contributed by atoms with Gasteiger partial charge >= 0.3 is 6.03 Å². The largest absolute Gasteiger partial charge is 0.335 e. The molecule has 2 amide bonds. The molecule has 3 N–H and O–H groups in total. The minimum absolute atomic E-state index is 0.132. The van der Waals surface area contributed by atoms with Crippen LogP contribution in [0.4, 0.5) is 4.79 Å². The van der Waals surface area contributed by atoms with Gasteiger partial charge in [-0.25, -0.2) is 4.79 Å². The lowest BCUT2D eigenvalue weighted by atomic mass is 9.87. The molecule has 18 heavy (non-hydrogen) atoms. The molecule has 2 atom stereocenters. The average molecular weight is 253 g/mol. The Labute approximate surface area is 110 Å². The zero-order chi connectivity index (χ0) is 13.0. The highest BCUT2D eigenvalue weighted by molar-refractivity contribution is 5.74. The van der Waals surface area contributed by atoms with E-state index in [2.05, 4.69) is 12.2 Å². The van der Waals surface area contributed by atoms with E-state index < -0.39 is 0 Å². The van der Waals surface area contributed by atoms with Gasteiger partial charge in [0.2, 0.25) is 0 Å². The monoisotopic (exact) mass is 253 g/mol. The highest BCUT2D eigenvalue weighted by Gasteiger charge is 2.28. The normalized spacial score (nSPS) is 30.2. The maximum Gasteiger partial charge on any atom is 0.317 e. The second-order valence-corrected chi connectivity index (χ2v) is 5.99. The molecule has 0 bridgehead atoms. The molecule has 1 heterocycles. The SMILES string of the molecule is CC1CCN(C(=O)NC2CCCCC2)CC1CN. The zero-order valence-electron chi connectivity index (χ0n) is 11.5. The van der Waals surface area contributed by atoms with Gasteiger partial charge in [-0.3, -0.25) is 0 Å². The van der Waals surface area contributed by atoms with Crippen molar-refractivity contribution >= 4 is 6.03 Å². The summed E-state index contributed by atoms with van der Waals surface area (Å²) in [6, 6.07) is 0.536. The number of likely N-dealkylation sites (tertiary alicyclic amines) is 1. The molecule has 2 aliphatic rings. The van der Waals surface area contributed by atoms with Crippen molar-refractivity contribution in [3.8, 4) is 0 Å². The van der Waals surface area contributed by atoms with Gasteiger partial charge in [0.05, 0.1) is 0 Å². The van der Waals surface area contributed by atoms with Crippen molar-refractivity contribution in [1.29, 1.82) is 0 Å². The van der Waals surface area contributed by atoms with Gasteiger partial charge in [-0.15, -0.1) is 0 Å². The maximum absolute atomic E-state index is 12.2. The fourth-order valence-electron chi connectivity index (χ4n) is 3.15. The van der Waals surface area contributed by atoms with Crippen LogP contribution in [0, 0.1) is 11.8 Å². The van der Waals surface area contributed by atoms with Crippen molar-refractivity contribution in [2.75, 3.05) is 19.6 Å². The number of carbonyl (C=O) groups is 1. The van der Waals surface area contributed by atoms with E-state index in [1.54, 1.807) is 0 Å². The Hall–Kier alpha value is -0.770. The summed E-state index contributed by atoms with van der Waals surface area (Å²) in [5, 5.41) is 3.19. The number of nitrogens with zero attached hydrogens (tertiary/aromatic N) is 1. The van der Waals surface area contributed by atoms with Crippen molar-refractivity contribution in [3.63, 3.8) is 0 Å². The Balaban J connectivity index is 1.81. The number of nitrogens with one attached hydrogen (secondary N) is 1. The summed E-state index contributed by atoms with van der Waals surface area (Å²) in [5.74, 6) is 1.12. The average Bonchev–Trinajstić information content (AvgIpc) is 2.40. The molecule has 4 heteroatoms. The van der Waals surface area contributed by atoms with E-state index in [0.717, 1.165) is 32.4 Å². The minimum Gasteiger partial charge on any atom is -0.335 e. The van der Waals surface area contributed by atoms with Gasteiger partial charge in [-0.05, 0) is 37.6 Å². The fourth-order valence-corrected chi connectivity index (χ4v) is 3.15. The van der Waals surface area contributed by atoms with Gasteiger partial charge in [0.15, 0.2) is 0 Å². The Bertz CT molecular complexity index is 276. The van der Waals surface area contributed by atoms with Crippen molar-refractivity contribution in [1.82, 2.24) is 10.2 Å². The van der Waals surface area contributed by atoms with Crippen LogP contribution in [-0.4, -0.2) is 36.6 Å².